The number of benzene rings is 1. The van der Waals surface area contributed by atoms with E-state index < -0.39 is 12.0 Å². The zero-order valence-electron chi connectivity index (χ0n) is 21.1. The van der Waals surface area contributed by atoms with Crippen LogP contribution in [0.1, 0.15) is 71.8 Å². The van der Waals surface area contributed by atoms with Crippen LogP contribution in [0.5, 0.6) is 11.5 Å². The number of phenolic OH excluding ortho intramolecular Hbond substituents is 2. The molecule has 1 saturated heterocycles. The minimum atomic E-state index is -0.582. The second-order valence-corrected chi connectivity index (χ2v) is 11.4. The fourth-order valence-electron chi connectivity index (χ4n) is 6.38. The molecule has 1 aromatic rings. The van der Waals surface area contributed by atoms with E-state index in [9.17, 15) is 24.6 Å². The summed E-state index contributed by atoms with van der Waals surface area (Å²) in [6.07, 6.45) is 7.28. The lowest BCUT2D eigenvalue weighted by Gasteiger charge is -2.39. The molecule has 35 heavy (non-hydrogen) atoms. The Hall–Kier alpha value is -2.83. The Balaban J connectivity index is 1.34. The molecule has 1 aliphatic heterocycles. The summed E-state index contributed by atoms with van der Waals surface area (Å²) in [5, 5.41) is 19.0. The quantitative estimate of drug-likeness (QED) is 0.337. The van der Waals surface area contributed by atoms with Crippen LogP contribution >= 0.6 is 0 Å². The summed E-state index contributed by atoms with van der Waals surface area (Å²) in [5.74, 6) is -1.23. The van der Waals surface area contributed by atoms with Crippen LogP contribution in [-0.2, 0) is 19.1 Å². The van der Waals surface area contributed by atoms with Crippen LogP contribution < -0.4 is 0 Å². The Morgan fingerprint density at radius 3 is 2.54 bits per heavy atom. The first-order chi connectivity index (χ1) is 16.4. The van der Waals surface area contributed by atoms with Crippen molar-refractivity contribution in [1.29, 1.82) is 0 Å². The fraction of sp³-hybridized carbons (Fsp3) is 0.607. The van der Waals surface area contributed by atoms with Crippen molar-refractivity contribution < 1.29 is 29.3 Å². The van der Waals surface area contributed by atoms with Crippen LogP contribution in [0.2, 0.25) is 0 Å². The van der Waals surface area contributed by atoms with Crippen LogP contribution in [0.3, 0.4) is 0 Å². The van der Waals surface area contributed by atoms with E-state index in [0.29, 0.717) is 24.4 Å². The molecule has 0 aromatic heterocycles. The average Bonchev–Trinajstić information content (AvgIpc) is 3.43. The molecule has 0 spiro atoms. The molecule has 2 saturated carbocycles. The molecule has 190 valence electrons. The van der Waals surface area contributed by atoms with Gasteiger partial charge in [0, 0.05) is 24.3 Å². The number of fused-ring (bicyclic) bond motifs is 2. The zero-order valence-corrected chi connectivity index (χ0v) is 21.1. The van der Waals surface area contributed by atoms with Gasteiger partial charge in [0.05, 0.1) is 0 Å². The van der Waals surface area contributed by atoms with Crippen LogP contribution in [0.15, 0.2) is 24.3 Å². The number of allylic oxidation sites excluding steroid dienone is 1. The molecule has 2 bridgehead atoms. The molecule has 3 aliphatic rings. The Labute approximate surface area is 207 Å². The van der Waals surface area contributed by atoms with Crippen LogP contribution in [0, 0.1) is 22.7 Å². The SMILES string of the molecule is CC(CC(=O)/C=C/c1ccc(O)c(O)c1)C(=O)N1CCCC1C(=O)OC1CC2CCC1(C)C2(C)C. The number of carbonyl (C=O) groups excluding carboxylic acids is 3. The highest BCUT2D eigenvalue weighted by Crippen LogP contribution is 2.66. The van der Waals surface area contributed by atoms with Crippen molar-refractivity contribution in [2.24, 2.45) is 22.7 Å². The minimum Gasteiger partial charge on any atom is -0.504 e. The zero-order chi connectivity index (χ0) is 25.5. The molecule has 0 radical (unpaired) electrons. The highest BCUT2D eigenvalue weighted by molar-refractivity contribution is 5.97. The Bertz CT molecular complexity index is 1050. The predicted octanol–water partition coefficient (Wildman–Crippen LogP) is 4.46. The number of nitrogens with zero attached hydrogens (tertiary/aromatic N) is 1. The smallest absolute Gasteiger partial charge is 0.329 e. The summed E-state index contributed by atoms with van der Waals surface area (Å²) in [7, 11) is 0. The third kappa shape index (κ3) is 4.57. The first kappa shape index (κ1) is 25.3. The number of ether oxygens (including phenoxy) is 1. The average molecular weight is 484 g/mol. The number of rotatable bonds is 7. The monoisotopic (exact) mass is 483 g/mol. The van der Waals surface area contributed by atoms with Crippen molar-refractivity contribution in [3.05, 3.63) is 29.8 Å². The normalized spacial score (nSPS) is 30.1. The summed E-state index contributed by atoms with van der Waals surface area (Å²) >= 11 is 0. The number of carbonyl (C=O) groups is 3. The van der Waals surface area contributed by atoms with Gasteiger partial charge in [0.1, 0.15) is 12.1 Å². The lowest BCUT2D eigenvalue weighted by Crippen LogP contribution is -2.46. The maximum Gasteiger partial charge on any atom is 0.329 e. The van der Waals surface area contributed by atoms with Gasteiger partial charge in [-0.25, -0.2) is 4.79 Å². The first-order valence-electron chi connectivity index (χ1n) is 12.7. The highest BCUT2D eigenvalue weighted by atomic mass is 16.5. The first-order valence-corrected chi connectivity index (χ1v) is 12.7. The number of hydrogen-bond donors (Lipinski definition) is 2. The van der Waals surface area contributed by atoms with Gasteiger partial charge in [-0.05, 0) is 67.2 Å². The molecule has 7 heteroatoms. The summed E-state index contributed by atoms with van der Waals surface area (Å²) < 4.78 is 6.07. The number of phenols is 2. The largest absolute Gasteiger partial charge is 0.504 e. The summed E-state index contributed by atoms with van der Waals surface area (Å²) in [6.45, 7) is 9.00. The maximum absolute atomic E-state index is 13.2. The summed E-state index contributed by atoms with van der Waals surface area (Å²) in [6, 6.07) is 3.69. The third-order valence-corrected chi connectivity index (χ3v) is 9.17. The fourth-order valence-corrected chi connectivity index (χ4v) is 6.38. The van der Waals surface area contributed by atoms with E-state index in [2.05, 4.69) is 20.8 Å². The molecule has 1 aromatic carbocycles. The van der Waals surface area contributed by atoms with E-state index in [1.807, 2.05) is 0 Å². The molecule has 3 fully saturated rings. The molecule has 7 nitrogen and oxygen atoms in total. The van der Waals surface area contributed by atoms with Crippen LogP contribution in [0.25, 0.3) is 6.08 Å². The Morgan fingerprint density at radius 2 is 1.91 bits per heavy atom. The van der Waals surface area contributed by atoms with Gasteiger partial charge in [-0.1, -0.05) is 39.8 Å². The van der Waals surface area contributed by atoms with Gasteiger partial charge in [0.15, 0.2) is 17.3 Å². The summed E-state index contributed by atoms with van der Waals surface area (Å²) in [5.41, 5.74) is 0.679. The molecule has 2 N–H and O–H groups in total. The van der Waals surface area contributed by atoms with Gasteiger partial charge < -0.3 is 19.8 Å². The van der Waals surface area contributed by atoms with E-state index in [0.717, 1.165) is 19.3 Å². The number of amides is 1. The second-order valence-electron chi connectivity index (χ2n) is 11.4. The van der Waals surface area contributed by atoms with Crippen molar-refractivity contribution in [1.82, 2.24) is 4.90 Å². The number of esters is 1. The molecule has 2 aliphatic carbocycles. The van der Waals surface area contributed by atoms with E-state index in [1.54, 1.807) is 17.9 Å². The molecule has 1 amide bonds. The Morgan fingerprint density at radius 1 is 1.17 bits per heavy atom. The van der Waals surface area contributed by atoms with Crippen molar-refractivity contribution in [3.63, 3.8) is 0 Å². The van der Waals surface area contributed by atoms with Crippen LogP contribution in [0.4, 0.5) is 0 Å². The molecule has 5 atom stereocenters. The maximum atomic E-state index is 13.2. The van der Waals surface area contributed by atoms with Gasteiger partial charge in [-0.2, -0.15) is 0 Å². The van der Waals surface area contributed by atoms with Gasteiger partial charge in [0.25, 0.3) is 0 Å². The molecule has 1 heterocycles. The second kappa shape index (κ2) is 9.32. The van der Waals surface area contributed by atoms with Gasteiger partial charge >= 0.3 is 5.97 Å². The van der Waals surface area contributed by atoms with Gasteiger partial charge in [-0.15, -0.1) is 0 Å². The molecule has 5 unspecified atom stereocenters. The van der Waals surface area contributed by atoms with E-state index in [4.69, 9.17) is 4.74 Å². The van der Waals surface area contributed by atoms with Crippen molar-refractivity contribution in [2.75, 3.05) is 6.54 Å². The van der Waals surface area contributed by atoms with E-state index >= 15 is 0 Å². The topological polar surface area (TPSA) is 104 Å². The van der Waals surface area contributed by atoms with Crippen molar-refractivity contribution in [2.45, 2.75) is 78.4 Å². The lowest BCUT2D eigenvalue weighted by molar-refractivity contribution is -0.165. The summed E-state index contributed by atoms with van der Waals surface area (Å²) in [4.78, 5) is 40.4. The van der Waals surface area contributed by atoms with E-state index in [1.165, 1.54) is 30.7 Å². The number of hydrogen-bond acceptors (Lipinski definition) is 6. The molecule has 4 rings (SSSR count). The van der Waals surface area contributed by atoms with Crippen molar-refractivity contribution >= 4 is 23.7 Å². The number of aromatic hydroxyl groups is 2. The van der Waals surface area contributed by atoms with Gasteiger partial charge in [-0.3, -0.25) is 9.59 Å². The minimum absolute atomic E-state index is 0.0221. The standard InChI is InChI=1S/C28H37NO6/c1-17(14-20(30)9-7-18-8-10-22(31)23(32)15-18)25(33)29-13-5-6-21(29)26(34)35-24-16-19-11-12-28(24,4)27(19,2)3/h7-10,15,17,19,21,24,31-32H,5-6,11-14,16H2,1-4H3/b9-7+. The van der Waals surface area contributed by atoms with Gasteiger partial charge in [0.2, 0.25) is 5.91 Å². The third-order valence-electron chi connectivity index (χ3n) is 9.17. The molecular weight excluding hydrogens is 446 g/mol. The number of likely N-dealkylation sites (tertiary alicyclic amines) is 1. The van der Waals surface area contributed by atoms with Crippen LogP contribution in [-0.4, -0.2) is 51.5 Å². The lowest BCUT2D eigenvalue weighted by atomic mass is 9.70. The Kier molecular flexibility index (Phi) is 6.73. The highest BCUT2D eigenvalue weighted by Gasteiger charge is 2.63. The van der Waals surface area contributed by atoms with Crippen molar-refractivity contribution in [3.8, 4) is 11.5 Å². The molecular formula is C28H37NO6. The van der Waals surface area contributed by atoms with E-state index in [-0.39, 0.29) is 52.5 Å². The predicted molar refractivity (Wildman–Crippen MR) is 131 cm³/mol. The number of ketones is 1.